The van der Waals surface area contributed by atoms with Crippen molar-refractivity contribution in [1.82, 2.24) is 20.3 Å². The number of nitrogens with zero attached hydrogens (tertiary/aromatic N) is 2. The molecule has 4 aromatic rings. The van der Waals surface area contributed by atoms with Gasteiger partial charge in [-0.1, -0.05) is 0 Å². The standard InChI is InChI=1S/C24H19F3N4O3/c1-28-23(32)17-10-13(6-7-29-17)33-12-3-5-18-14(9-12)19-20(21(19)34-18)22-30-15-4-2-11(24(25,26)27)8-16(15)31-22/h2-10,19-21,23,28,32H,1H3,(H,30,31). The third kappa shape index (κ3) is 3.46. The second kappa shape index (κ2) is 7.44. The predicted molar refractivity (Wildman–Crippen MR) is 116 cm³/mol. The van der Waals surface area contributed by atoms with Crippen molar-refractivity contribution in [3.8, 4) is 17.2 Å². The average Bonchev–Trinajstić information content (AvgIpc) is 3.17. The normalized spacial score (nSPS) is 21.6. The molecule has 6 rings (SSSR count). The molecule has 1 aliphatic heterocycles. The fourth-order valence-corrected chi connectivity index (χ4v) is 4.52. The molecular formula is C24H19F3N4O3. The molecule has 0 amide bonds. The third-order valence-corrected chi connectivity index (χ3v) is 6.24. The van der Waals surface area contributed by atoms with Crippen LogP contribution in [0.1, 0.15) is 40.7 Å². The van der Waals surface area contributed by atoms with Gasteiger partial charge < -0.3 is 19.6 Å². The molecule has 4 atom stereocenters. The number of pyridine rings is 1. The van der Waals surface area contributed by atoms with Crippen molar-refractivity contribution in [3.05, 3.63) is 77.4 Å². The van der Waals surface area contributed by atoms with Crippen LogP contribution in [0, 0.1) is 0 Å². The number of fused-ring (bicyclic) bond motifs is 4. The van der Waals surface area contributed by atoms with Gasteiger partial charge in [0.05, 0.1) is 28.2 Å². The molecule has 1 aliphatic carbocycles. The molecule has 7 nitrogen and oxygen atoms in total. The third-order valence-electron chi connectivity index (χ3n) is 6.24. The van der Waals surface area contributed by atoms with Gasteiger partial charge in [0.15, 0.2) is 0 Å². The maximum atomic E-state index is 13.0. The molecule has 0 saturated heterocycles. The van der Waals surface area contributed by atoms with Crippen LogP contribution in [0.15, 0.2) is 54.7 Å². The molecule has 1 fully saturated rings. The molecule has 3 N–H and O–H groups in total. The van der Waals surface area contributed by atoms with Crippen LogP contribution in [0.2, 0.25) is 0 Å². The summed E-state index contributed by atoms with van der Waals surface area (Å²) in [6, 6.07) is 12.4. The number of aliphatic hydroxyl groups excluding tert-OH is 1. The summed E-state index contributed by atoms with van der Waals surface area (Å²) in [5.74, 6) is 2.48. The van der Waals surface area contributed by atoms with Crippen LogP contribution in [-0.2, 0) is 6.18 Å². The Morgan fingerprint density at radius 1 is 1.09 bits per heavy atom. The molecule has 0 bridgehead atoms. The number of aromatic nitrogens is 3. The zero-order chi connectivity index (χ0) is 23.6. The van der Waals surface area contributed by atoms with Crippen molar-refractivity contribution in [2.24, 2.45) is 0 Å². The molecule has 34 heavy (non-hydrogen) atoms. The van der Waals surface area contributed by atoms with Crippen LogP contribution < -0.4 is 14.8 Å². The Kier molecular flexibility index (Phi) is 4.58. The van der Waals surface area contributed by atoms with E-state index in [2.05, 4.69) is 20.3 Å². The van der Waals surface area contributed by atoms with Gasteiger partial charge >= 0.3 is 6.18 Å². The minimum absolute atomic E-state index is 0.0420. The highest BCUT2D eigenvalue weighted by Crippen LogP contribution is 2.63. The van der Waals surface area contributed by atoms with Gasteiger partial charge in [-0.2, -0.15) is 13.2 Å². The van der Waals surface area contributed by atoms with E-state index in [9.17, 15) is 18.3 Å². The first-order valence-corrected chi connectivity index (χ1v) is 10.7. The van der Waals surface area contributed by atoms with E-state index in [0.29, 0.717) is 34.1 Å². The number of nitrogens with one attached hydrogen (secondary N) is 2. The monoisotopic (exact) mass is 468 g/mol. The van der Waals surface area contributed by atoms with Gasteiger partial charge in [0, 0.05) is 23.7 Å². The summed E-state index contributed by atoms with van der Waals surface area (Å²) in [6.45, 7) is 0. The van der Waals surface area contributed by atoms with Gasteiger partial charge in [0.2, 0.25) is 0 Å². The van der Waals surface area contributed by atoms with Crippen LogP contribution >= 0.6 is 0 Å². The van der Waals surface area contributed by atoms with Crippen molar-refractivity contribution < 1.29 is 27.8 Å². The fourth-order valence-electron chi connectivity index (χ4n) is 4.52. The summed E-state index contributed by atoms with van der Waals surface area (Å²) in [5.41, 5.74) is 1.53. The van der Waals surface area contributed by atoms with E-state index >= 15 is 0 Å². The maximum Gasteiger partial charge on any atom is 0.416 e. The lowest BCUT2D eigenvalue weighted by atomic mass is 10.1. The van der Waals surface area contributed by atoms with Gasteiger partial charge in [0.1, 0.15) is 35.4 Å². The molecule has 10 heteroatoms. The van der Waals surface area contributed by atoms with Crippen molar-refractivity contribution >= 4 is 11.0 Å². The first kappa shape index (κ1) is 20.9. The van der Waals surface area contributed by atoms with Gasteiger partial charge in [0.25, 0.3) is 0 Å². The quantitative estimate of drug-likeness (QED) is 0.370. The minimum atomic E-state index is -4.41. The van der Waals surface area contributed by atoms with Gasteiger partial charge in [-0.25, -0.2) is 4.98 Å². The molecule has 1 saturated carbocycles. The molecular weight excluding hydrogens is 449 g/mol. The van der Waals surface area contributed by atoms with E-state index in [1.54, 1.807) is 31.4 Å². The highest BCUT2D eigenvalue weighted by atomic mass is 19.4. The van der Waals surface area contributed by atoms with E-state index in [1.165, 1.54) is 6.07 Å². The number of alkyl halides is 3. The van der Waals surface area contributed by atoms with Crippen molar-refractivity contribution in [2.75, 3.05) is 7.05 Å². The topological polar surface area (TPSA) is 92.3 Å². The minimum Gasteiger partial charge on any atom is -0.489 e. The Balaban J connectivity index is 1.24. The number of hydrogen-bond donors (Lipinski definition) is 3. The Morgan fingerprint density at radius 2 is 1.91 bits per heavy atom. The highest BCUT2D eigenvalue weighted by molar-refractivity contribution is 5.76. The van der Waals surface area contributed by atoms with Crippen LogP contribution in [0.25, 0.3) is 11.0 Å². The van der Waals surface area contributed by atoms with Crippen LogP contribution in [0.4, 0.5) is 13.2 Å². The first-order valence-electron chi connectivity index (χ1n) is 10.7. The van der Waals surface area contributed by atoms with Crippen molar-refractivity contribution in [1.29, 1.82) is 0 Å². The zero-order valence-electron chi connectivity index (χ0n) is 17.8. The van der Waals surface area contributed by atoms with E-state index in [1.807, 2.05) is 12.1 Å². The van der Waals surface area contributed by atoms with Crippen LogP contribution in [-0.4, -0.2) is 33.2 Å². The molecule has 2 aromatic carbocycles. The summed E-state index contributed by atoms with van der Waals surface area (Å²) in [4.78, 5) is 11.7. The molecule has 0 radical (unpaired) electrons. The first-order chi connectivity index (χ1) is 16.3. The molecule has 0 spiro atoms. The van der Waals surface area contributed by atoms with E-state index < -0.39 is 18.0 Å². The van der Waals surface area contributed by atoms with Gasteiger partial charge in [-0.15, -0.1) is 0 Å². The Bertz CT molecular complexity index is 1400. The number of benzene rings is 2. The number of ether oxygens (including phenoxy) is 2. The largest absolute Gasteiger partial charge is 0.489 e. The molecule has 174 valence electrons. The SMILES string of the molecule is CNC(O)c1cc(Oc2ccc3c(c2)C2C(O3)C2c2nc3ccc(C(F)(F)F)cc3[nH]2)ccn1. The highest BCUT2D eigenvalue weighted by Gasteiger charge is 2.61. The van der Waals surface area contributed by atoms with Crippen LogP contribution in [0.5, 0.6) is 17.2 Å². The summed E-state index contributed by atoms with van der Waals surface area (Å²) < 4.78 is 51.1. The molecule has 4 unspecified atom stereocenters. The number of aromatic amines is 1. The number of aliphatic hydroxyl groups is 1. The lowest BCUT2D eigenvalue weighted by Gasteiger charge is -2.12. The summed E-state index contributed by atoms with van der Waals surface area (Å²) in [5, 5.41) is 12.6. The van der Waals surface area contributed by atoms with E-state index in [4.69, 9.17) is 9.47 Å². The molecule has 2 aromatic heterocycles. The Morgan fingerprint density at radius 3 is 2.71 bits per heavy atom. The Labute approximate surface area is 191 Å². The number of hydrogen-bond acceptors (Lipinski definition) is 6. The number of halogens is 3. The lowest BCUT2D eigenvalue weighted by Crippen LogP contribution is -2.16. The van der Waals surface area contributed by atoms with Crippen molar-refractivity contribution in [2.45, 2.75) is 30.3 Å². The lowest BCUT2D eigenvalue weighted by molar-refractivity contribution is -0.137. The smallest absolute Gasteiger partial charge is 0.416 e. The van der Waals surface area contributed by atoms with Gasteiger partial charge in [-0.3, -0.25) is 10.3 Å². The zero-order valence-corrected chi connectivity index (χ0v) is 17.8. The Hall–Kier alpha value is -3.63. The average molecular weight is 468 g/mol. The fraction of sp³-hybridized carbons (Fsp3) is 0.250. The van der Waals surface area contributed by atoms with E-state index in [0.717, 1.165) is 23.4 Å². The van der Waals surface area contributed by atoms with Gasteiger partial charge in [-0.05, 0) is 49.5 Å². The summed E-state index contributed by atoms with van der Waals surface area (Å²) in [7, 11) is 1.63. The van der Waals surface area contributed by atoms with Crippen LogP contribution in [0.3, 0.4) is 0 Å². The summed E-state index contributed by atoms with van der Waals surface area (Å²) in [6.07, 6.45) is -3.87. The number of imidazole rings is 1. The second-order valence-corrected chi connectivity index (χ2v) is 8.40. The second-order valence-electron chi connectivity index (χ2n) is 8.40. The maximum absolute atomic E-state index is 13.0. The summed E-state index contributed by atoms with van der Waals surface area (Å²) >= 11 is 0. The van der Waals surface area contributed by atoms with E-state index in [-0.39, 0.29) is 17.9 Å². The number of H-pyrrole nitrogens is 1. The predicted octanol–water partition coefficient (Wildman–Crippen LogP) is 4.62. The molecule has 3 heterocycles. The van der Waals surface area contributed by atoms with Crippen molar-refractivity contribution in [3.63, 3.8) is 0 Å². The number of rotatable bonds is 5. The molecule has 2 aliphatic rings.